The maximum Gasteiger partial charge on any atom is 0.356 e. The fourth-order valence-corrected chi connectivity index (χ4v) is 1.45. The molecular formula is C12H10FNO2. The van der Waals surface area contributed by atoms with Gasteiger partial charge in [-0.1, -0.05) is 12.1 Å². The van der Waals surface area contributed by atoms with Gasteiger partial charge in [0.2, 0.25) is 0 Å². The molecule has 1 aromatic heterocycles. The first-order valence-electron chi connectivity index (χ1n) is 4.93. The van der Waals surface area contributed by atoms with Gasteiger partial charge in [-0.25, -0.2) is 14.2 Å². The Balaban J connectivity index is 2.48. The smallest absolute Gasteiger partial charge is 0.356 e. The molecule has 0 atom stereocenters. The van der Waals surface area contributed by atoms with Crippen LogP contribution in [-0.2, 0) is 4.74 Å². The molecule has 2 rings (SSSR count). The van der Waals surface area contributed by atoms with E-state index >= 15 is 0 Å². The summed E-state index contributed by atoms with van der Waals surface area (Å²) < 4.78 is 18.1. The maximum absolute atomic E-state index is 13.3. The number of carbonyl (C=O) groups is 1. The lowest BCUT2D eigenvalue weighted by Gasteiger charge is -2.03. The fraction of sp³-hybridized carbons (Fsp3) is 0.167. The molecule has 0 N–H and O–H groups in total. The van der Waals surface area contributed by atoms with Gasteiger partial charge in [-0.15, -0.1) is 0 Å². The van der Waals surface area contributed by atoms with Crippen LogP contribution in [0, 0.1) is 5.82 Å². The van der Waals surface area contributed by atoms with E-state index in [1.807, 2.05) is 0 Å². The van der Waals surface area contributed by atoms with Gasteiger partial charge in [-0.2, -0.15) is 0 Å². The van der Waals surface area contributed by atoms with E-state index in [0.717, 1.165) is 0 Å². The molecule has 0 bridgehead atoms. The number of carbonyl (C=O) groups excluding carboxylic acids is 1. The number of benzene rings is 1. The van der Waals surface area contributed by atoms with Crippen LogP contribution < -0.4 is 0 Å². The Kier molecular flexibility index (Phi) is 2.81. The van der Waals surface area contributed by atoms with Crippen LogP contribution in [0.4, 0.5) is 4.39 Å². The molecule has 2 aromatic rings. The minimum absolute atomic E-state index is 0.194. The van der Waals surface area contributed by atoms with Crippen LogP contribution in [0.2, 0.25) is 0 Å². The first kappa shape index (κ1) is 10.5. The zero-order valence-corrected chi connectivity index (χ0v) is 8.74. The average Bonchev–Trinajstić information content (AvgIpc) is 2.29. The number of fused-ring (bicyclic) bond motifs is 1. The second-order valence-corrected chi connectivity index (χ2v) is 3.25. The molecule has 0 spiro atoms. The Labute approximate surface area is 91.9 Å². The molecular weight excluding hydrogens is 209 g/mol. The van der Waals surface area contributed by atoms with E-state index in [9.17, 15) is 9.18 Å². The maximum atomic E-state index is 13.3. The highest BCUT2D eigenvalue weighted by molar-refractivity contribution is 5.93. The molecule has 82 valence electrons. The molecule has 0 aliphatic carbocycles. The van der Waals surface area contributed by atoms with Gasteiger partial charge in [0.25, 0.3) is 0 Å². The van der Waals surface area contributed by atoms with E-state index < -0.39 is 5.97 Å². The van der Waals surface area contributed by atoms with Crippen molar-refractivity contribution in [3.8, 4) is 0 Å². The third kappa shape index (κ3) is 1.86. The van der Waals surface area contributed by atoms with Crippen molar-refractivity contribution >= 4 is 16.7 Å². The van der Waals surface area contributed by atoms with Gasteiger partial charge in [0, 0.05) is 11.6 Å². The quantitative estimate of drug-likeness (QED) is 0.728. The topological polar surface area (TPSA) is 39.2 Å². The van der Waals surface area contributed by atoms with Gasteiger partial charge < -0.3 is 4.74 Å². The second-order valence-electron chi connectivity index (χ2n) is 3.25. The van der Waals surface area contributed by atoms with E-state index in [-0.39, 0.29) is 11.5 Å². The molecule has 0 saturated heterocycles. The molecule has 0 amide bonds. The number of hydrogen-bond donors (Lipinski definition) is 0. The zero-order valence-electron chi connectivity index (χ0n) is 8.74. The standard InChI is InChI=1S/C12H10FNO2/c1-2-16-12(15)11-6-8-4-3-5-10(13)9(8)7-14-11/h3-7H,2H2,1H3. The minimum Gasteiger partial charge on any atom is -0.461 e. The van der Waals surface area contributed by atoms with Crippen LogP contribution in [0.3, 0.4) is 0 Å². The van der Waals surface area contributed by atoms with Crippen LogP contribution in [0.5, 0.6) is 0 Å². The van der Waals surface area contributed by atoms with Crippen molar-refractivity contribution in [1.29, 1.82) is 0 Å². The van der Waals surface area contributed by atoms with Crippen molar-refractivity contribution in [1.82, 2.24) is 4.98 Å². The van der Waals surface area contributed by atoms with Crippen LogP contribution >= 0.6 is 0 Å². The largest absolute Gasteiger partial charge is 0.461 e. The van der Waals surface area contributed by atoms with Gasteiger partial charge in [0.1, 0.15) is 11.5 Å². The lowest BCUT2D eigenvalue weighted by Crippen LogP contribution is -2.06. The SMILES string of the molecule is CCOC(=O)c1cc2cccc(F)c2cn1. The minimum atomic E-state index is -0.492. The summed E-state index contributed by atoms with van der Waals surface area (Å²) in [6.45, 7) is 2.01. The van der Waals surface area contributed by atoms with Crippen molar-refractivity contribution in [2.75, 3.05) is 6.61 Å². The highest BCUT2D eigenvalue weighted by atomic mass is 19.1. The van der Waals surface area contributed by atoms with Gasteiger partial charge in [-0.05, 0) is 24.4 Å². The normalized spacial score (nSPS) is 10.4. The van der Waals surface area contributed by atoms with Gasteiger partial charge >= 0.3 is 5.97 Å². The van der Waals surface area contributed by atoms with E-state index in [1.165, 1.54) is 18.3 Å². The Bertz CT molecular complexity index is 540. The monoisotopic (exact) mass is 219 g/mol. The van der Waals surface area contributed by atoms with E-state index in [2.05, 4.69) is 4.98 Å². The summed E-state index contributed by atoms with van der Waals surface area (Å²) in [5.41, 5.74) is 0.194. The summed E-state index contributed by atoms with van der Waals surface area (Å²) in [4.78, 5) is 15.3. The fourth-order valence-electron chi connectivity index (χ4n) is 1.45. The number of halogens is 1. The first-order valence-corrected chi connectivity index (χ1v) is 4.93. The summed E-state index contributed by atoms with van der Waals surface area (Å²) in [5, 5.41) is 1.04. The number of pyridine rings is 1. The molecule has 1 heterocycles. The summed E-state index contributed by atoms with van der Waals surface area (Å²) >= 11 is 0. The molecule has 0 saturated carbocycles. The van der Waals surface area contributed by atoms with Crippen molar-refractivity contribution < 1.29 is 13.9 Å². The van der Waals surface area contributed by atoms with Gasteiger partial charge in [0.05, 0.1) is 6.61 Å². The summed E-state index contributed by atoms with van der Waals surface area (Å²) in [5.74, 6) is -0.839. The number of hydrogen-bond acceptors (Lipinski definition) is 3. The summed E-state index contributed by atoms with van der Waals surface area (Å²) in [6.07, 6.45) is 1.34. The molecule has 0 aliphatic rings. The average molecular weight is 219 g/mol. The number of aromatic nitrogens is 1. The third-order valence-corrected chi connectivity index (χ3v) is 2.20. The molecule has 4 heteroatoms. The van der Waals surface area contributed by atoms with E-state index in [0.29, 0.717) is 17.4 Å². The number of ether oxygens (including phenoxy) is 1. The molecule has 0 fully saturated rings. The summed E-state index contributed by atoms with van der Waals surface area (Å²) in [7, 11) is 0. The third-order valence-electron chi connectivity index (χ3n) is 2.20. The first-order chi connectivity index (χ1) is 7.72. The van der Waals surface area contributed by atoms with Crippen molar-refractivity contribution in [3.63, 3.8) is 0 Å². The number of nitrogens with zero attached hydrogens (tertiary/aromatic N) is 1. The molecule has 0 unspecified atom stereocenters. The highest BCUT2D eigenvalue weighted by Crippen LogP contribution is 2.17. The van der Waals surface area contributed by atoms with Crippen LogP contribution in [0.15, 0.2) is 30.5 Å². The lowest BCUT2D eigenvalue weighted by atomic mass is 10.1. The molecule has 16 heavy (non-hydrogen) atoms. The van der Waals surface area contributed by atoms with Crippen LogP contribution in [-0.4, -0.2) is 17.6 Å². The zero-order chi connectivity index (χ0) is 11.5. The molecule has 3 nitrogen and oxygen atoms in total. The van der Waals surface area contributed by atoms with E-state index in [1.54, 1.807) is 19.1 Å². The number of rotatable bonds is 2. The van der Waals surface area contributed by atoms with Gasteiger partial charge in [-0.3, -0.25) is 0 Å². The predicted octanol–water partition coefficient (Wildman–Crippen LogP) is 2.55. The Morgan fingerprint density at radius 2 is 2.31 bits per heavy atom. The molecule has 1 aromatic carbocycles. The Morgan fingerprint density at radius 1 is 1.50 bits per heavy atom. The lowest BCUT2D eigenvalue weighted by molar-refractivity contribution is 0.0519. The second kappa shape index (κ2) is 4.26. The predicted molar refractivity (Wildman–Crippen MR) is 57.7 cm³/mol. The Hall–Kier alpha value is -1.97. The summed E-state index contributed by atoms with van der Waals surface area (Å²) in [6, 6.07) is 6.19. The Morgan fingerprint density at radius 3 is 3.06 bits per heavy atom. The highest BCUT2D eigenvalue weighted by Gasteiger charge is 2.09. The van der Waals surface area contributed by atoms with E-state index in [4.69, 9.17) is 4.74 Å². The van der Waals surface area contributed by atoms with Crippen molar-refractivity contribution in [2.24, 2.45) is 0 Å². The van der Waals surface area contributed by atoms with Crippen LogP contribution in [0.1, 0.15) is 17.4 Å². The number of esters is 1. The van der Waals surface area contributed by atoms with Crippen LogP contribution in [0.25, 0.3) is 10.8 Å². The van der Waals surface area contributed by atoms with Crippen molar-refractivity contribution in [2.45, 2.75) is 6.92 Å². The molecule has 0 aliphatic heterocycles. The van der Waals surface area contributed by atoms with Crippen molar-refractivity contribution in [3.05, 3.63) is 42.0 Å². The molecule has 0 radical (unpaired) electrons. The van der Waals surface area contributed by atoms with Gasteiger partial charge in [0.15, 0.2) is 0 Å².